The summed E-state index contributed by atoms with van der Waals surface area (Å²) in [5.74, 6) is -0.146. The second-order valence-electron chi connectivity index (χ2n) is 5.17. The van der Waals surface area contributed by atoms with E-state index in [4.69, 9.17) is 0 Å². The van der Waals surface area contributed by atoms with Crippen LogP contribution in [0.1, 0.15) is 25.7 Å². The van der Waals surface area contributed by atoms with Gasteiger partial charge in [-0.1, -0.05) is 12.2 Å². The van der Waals surface area contributed by atoms with Gasteiger partial charge in [0.1, 0.15) is 0 Å². The topological polar surface area (TPSA) is 20.2 Å². The third-order valence-corrected chi connectivity index (χ3v) is 4.02. The van der Waals surface area contributed by atoms with E-state index in [-0.39, 0.29) is 18.8 Å². The van der Waals surface area contributed by atoms with Gasteiger partial charge in [0, 0.05) is 5.41 Å². The van der Waals surface area contributed by atoms with Gasteiger partial charge in [-0.25, -0.2) is 0 Å². The average molecular weight is 274 g/mol. The van der Waals surface area contributed by atoms with E-state index >= 15 is 0 Å². The fourth-order valence-corrected chi connectivity index (χ4v) is 3.11. The minimum atomic E-state index is -5.30. The molecule has 0 spiro atoms. The van der Waals surface area contributed by atoms with Crippen LogP contribution in [0.5, 0.6) is 0 Å². The van der Waals surface area contributed by atoms with E-state index < -0.39 is 29.8 Å². The summed E-state index contributed by atoms with van der Waals surface area (Å²) in [6, 6.07) is 0. The normalized spacial score (nSPS) is 34.9. The Morgan fingerprint density at radius 1 is 1.17 bits per heavy atom. The molecule has 0 aromatic rings. The van der Waals surface area contributed by atoms with Crippen LogP contribution in [0.15, 0.2) is 12.2 Å². The van der Waals surface area contributed by atoms with Gasteiger partial charge in [-0.3, -0.25) is 0 Å². The van der Waals surface area contributed by atoms with Crippen molar-refractivity contribution < 1.29 is 31.4 Å². The molecule has 0 heterocycles. The molecule has 0 aromatic heterocycles. The van der Waals surface area contributed by atoms with Crippen LogP contribution in [0, 0.1) is 11.3 Å². The van der Waals surface area contributed by atoms with Gasteiger partial charge >= 0.3 is 12.4 Å². The number of hydrogen-bond acceptors (Lipinski definition) is 1. The smallest absolute Gasteiger partial charge is 0.379 e. The van der Waals surface area contributed by atoms with Crippen LogP contribution in [0.3, 0.4) is 0 Å². The molecule has 0 amide bonds. The number of rotatable bonds is 2. The standard InChI is InChI=1S/C11H12F6O/c12-10(13,14)6-9(18,11(15,16)17)8-3-1-7(5-8)2-4-8/h1,3,7,18H,2,4-6H2. The summed E-state index contributed by atoms with van der Waals surface area (Å²) in [7, 11) is 0. The molecular weight excluding hydrogens is 262 g/mol. The van der Waals surface area contributed by atoms with Crippen molar-refractivity contribution in [2.75, 3.05) is 0 Å². The van der Waals surface area contributed by atoms with Gasteiger partial charge < -0.3 is 5.11 Å². The largest absolute Gasteiger partial charge is 0.418 e. The lowest BCUT2D eigenvalue weighted by molar-refractivity contribution is -0.323. The summed E-state index contributed by atoms with van der Waals surface area (Å²) in [5.41, 5.74) is -5.54. The van der Waals surface area contributed by atoms with E-state index in [1.165, 1.54) is 6.08 Å². The fourth-order valence-electron chi connectivity index (χ4n) is 3.11. The summed E-state index contributed by atoms with van der Waals surface area (Å²) < 4.78 is 76.0. The molecule has 3 unspecified atom stereocenters. The van der Waals surface area contributed by atoms with Crippen LogP contribution in [-0.2, 0) is 0 Å². The Labute approximate surface area is 99.5 Å². The molecule has 3 atom stereocenters. The van der Waals surface area contributed by atoms with E-state index in [0.29, 0.717) is 6.42 Å². The lowest BCUT2D eigenvalue weighted by atomic mass is 9.69. The van der Waals surface area contributed by atoms with Gasteiger partial charge in [0.2, 0.25) is 0 Å². The van der Waals surface area contributed by atoms with Gasteiger partial charge in [0.25, 0.3) is 0 Å². The molecule has 18 heavy (non-hydrogen) atoms. The highest BCUT2D eigenvalue weighted by atomic mass is 19.4. The molecule has 0 saturated heterocycles. The molecule has 1 saturated carbocycles. The number of alkyl halides is 6. The van der Waals surface area contributed by atoms with Crippen molar-refractivity contribution in [2.24, 2.45) is 11.3 Å². The Morgan fingerprint density at radius 3 is 2.06 bits per heavy atom. The van der Waals surface area contributed by atoms with Crippen LogP contribution >= 0.6 is 0 Å². The van der Waals surface area contributed by atoms with E-state index in [1.807, 2.05) is 0 Å². The Morgan fingerprint density at radius 2 is 1.78 bits per heavy atom. The number of fused-ring (bicyclic) bond motifs is 2. The second-order valence-corrected chi connectivity index (χ2v) is 5.17. The molecule has 1 N–H and O–H groups in total. The van der Waals surface area contributed by atoms with Crippen molar-refractivity contribution in [2.45, 2.75) is 43.6 Å². The molecule has 2 aliphatic rings. The molecule has 0 radical (unpaired) electrons. The molecule has 2 rings (SSSR count). The van der Waals surface area contributed by atoms with Crippen LogP contribution in [-0.4, -0.2) is 23.1 Å². The van der Waals surface area contributed by atoms with E-state index in [1.54, 1.807) is 0 Å². The lowest BCUT2D eigenvalue weighted by Crippen LogP contribution is -2.58. The van der Waals surface area contributed by atoms with Crippen LogP contribution in [0.4, 0.5) is 26.3 Å². The van der Waals surface area contributed by atoms with Gasteiger partial charge in [0.05, 0.1) is 6.42 Å². The maximum atomic E-state index is 13.0. The van der Waals surface area contributed by atoms with Crippen LogP contribution < -0.4 is 0 Å². The summed E-state index contributed by atoms with van der Waals surface area (Å²) in [6.45, 7) is 0. The summed E-state index contributed by atoms with van der Waals surface area (Å²) in [4.78, 5) is 0. The van der Waals surface area contributed by atoms with Crippen molar-refractivity contribution in [3.63, 3.8) is 0 Å². The highest BCUT2D eigenvalue weighted by molar-refractivity contribution is 5.24. The Hall–Kier alpha value is -0.720. The quantitative estimate of drug-likeness (QED) is 0.602. The average Bonchev–Trinajstić information content (AvgIpc) is 2.73. The molecule has 0 aliphatic heterocycles. The number of hydrogen-bond donors (Lipinski definition) is 1. The van der Waals surface area contributed by atoms with Gasteiger partial charge in [0.15, 0.2) is 5.60 Å². The Kier molecular flexibility index (Phi) is 2.78. The Bertz CT molecular complexity index is 371. The third kappa shape index (κ3) is 1.92. The zero-order valence-corrected chi connectivity index (χ0v) is 9.28. The van der Waals surface area contributed by atoms with Gasteiger partial charge in [-0.2, -0.15) is 26.3 Å². The zero-order valence-electron chi connectivity index (χ0n) is 9.28. The number of allylic oxidation sites excluding steroid dienone is 1. The first-order valence-corrected chi connectivity index (χ1v) is 5.54. The highest BCUT2D eigenvalue weighted by Crippen LogP contribution is 2.61. The minimum Gasteiger partial charge on any atom is -0.379 e. The van der Waals surface area contributed by atoms with Gasteiger partial charge in [-0.05, 0) is 25.2 Å². The van der Waals surface area contributed by atoms with Crippen molar-refractivity contribution in [3.05, 3.63) is 12.2 Å². The predicted octanol–water partition coefficient (Wildman–Crippen LogP) is 3.59. The van der Waals surface area contributed by atoms with Crippen LogP contribution in [0.25, 0.3) is 0 Å². The molecule has 2 bridgehead atoms. The third-order valence-electron chi connectivity index (χ3n) is 4.02. The molecule has 1 nitrogen and oxygen atoms in total. The number of aliphatic hydroxyl groups is 1. The van der Waals surface area contributed by atoms with E-state index in [2.05, 4.69) is 0 Å². The molecule has 7 heteroatoms. The maximum Gasteiger partial charge on any atom is 0.418 e. The molecule has 104 valence electrons. The van der Waals surface area contributed by atoms with E-state index in [9.17, 15) is 31.4 Å². The SMILES string of the molecule is OC(CC(F)(F)F)(C(F)(F)F)C12C=CC(CC1)C2. The first-order valence-electron chi connectivity index (χ1n) is 5.54. The molecule has 0 aromatic carbocycles. The zero-order chi connectivity index (χ0) is 13.8. The minimum absolute atomic E-state index is 0.0553. The van der Waals surface area contributed by atoms with Crippen molar-refractivity contribution >= 4 is 0 Å². The number of halogens is 6. The van der Waals surface area contributed by atoms with Crippen molar-refractivity contribution in [3.8, 4) is 0 Å². The fraction of sp³-hybridized carbons (Fsp3) is 0.818. The first-order chi connectivity index (χ1) is 7.99. The Balaban J connectivity index is 2.40. The second kappa shape index (κ2) is 3.65. The summed E-state index contributed by atoms with van der Waals surface area (Å²) >= 11 is 0. The van der Waals surface area contributed by atoms with E-state index in [0.717, 1.165) is 6.08 Å². The molecule has 1 fully saturated rings. The lowest BCUT2D eigenvalue weighted by Gasteiger charge is -2.43. The highest BCUT2D eigenvalue weighted by Gasteiger charge is 2.70. The maximum absolute atomic E-state index is 13.0. The molecular formula is C11H12F6O. The van der Waals surface area contributed by atoms with Gasteiger partial charge in [-0.15, -0.1) is 0 Å². The van der Waals surface area contributed by atoms with Crippen molar-refractivity contribution in [1.29, 1.82) is 0 Å². The van der Waals surface area contributed by atoms with Crippen LogP contribution in [0.2, 0.25) is 0 Å². The first kappa shape index (κ1) is 13.7. The summed E-state index contributed by atoms with van der Waals surface area (Å²) in [5, 5.41) is 9.76. The monoisotopic (exact) mass is 274 g/mol. The summed E-state index contributed by atoms with van der Waals surface area (Å²) in [6.07, 6.45) is -9.72. The predicted molar refractivity (Wildman–Crippen MR) is 50.6 cm³/mol. The van der Waals surface area contributed by atoms with Crippen molar-refractivity contribution in [1.82, 2.24) is 0 Å². The molecule has 2 aliphatic carbocycles.